The Kier molecular flexibility index (Phi) is 4.12. The van der Waals surface area contributed by atoms with Crippen LogP contribution in [0.4, 0.5) is 11.8 Å². The van der Waals surface area contributed by atoms with E-state index in [4.69, 9.17) is 17.4 Å². The molecule has 1 saturated carbocycles. The highest BCUT2D eigenvalue weighted by Crippen LogP contribution is 2.46. The normalized spacial score (nSPS) is 21.5. The van der Waals surface area contributed by atoms with Gasteiger partial charge in [0.1, 0.15) is 5.02 Å². The maximum Gasteiger partial charge on any atom is 0.239 e. The van der Waals surface area contributed by atoms with Crippen molar-refractivity contribution < 1.29 is 0 Å². The van der Waals surface area contributed by atoms with Gasteiger partial charge in [0.2, 0.25) is 5.95 Å². The van der Waals surface area contributed by atoms with Crippen LogP contribution in [0.15, 0.2) is 6.20 Å². The first-order valence-electron chi connectivity index (χ1n) is 6.96. The second-order valence-electron chi connectivity index (χ2n) is 7.29. The topological polar surface area (TPSA) is 75.9 Å². The van der Waals surface area contributed by atoms with Gasteiger partial charge in [0.05, 0.1) is 6.20 Å². The lowest BCUT2D eigenvalue weighted by molar-refractivity contribution is 0.105. The van der Waals surface area contributed by atoms with Gasteiger partial charge in [0.15, 0.2) is 5.82 Å². The first kappa shape index (κ1) is 15.3. The zero-order chi connectivity index (χ0) is 15.0. The molecule has 0 atom stereocenters. The van der Waals surface area contributed by atoms with E-state index in [0.717, 1.165) is 12.8 Å². The van der Waals surface area contributed by atoms with E-state index in [1.807, 2.05) is 0 Å². The number of hydrazine groups is 1. The van der Waals surface area contributed by atoms with E-state index in [9.17, 15) is 0 Å². The summed E-state index contributed by atoms with van der Waals surface area (Å²) in [4.78, 5) is 8.28. The van der Waals surface area contributed by atoms with E-state index in [1.165, 1.54) is 6.42 Å². The highest BCUT2D eigenvalue weighted by atomic mass is 35.5. The van der Waals surface area contributed by atoms with Gasteiger partial charge in [0.25, 0.3) is 0 Å². The van der Waals surface area contributed by atoms with Crippen molar-refractivity contribution in [3.05, 3.63) is 11.2 Å². The quantitative estimate of drug-likeness (QED) is 0.588. The molecule has 0 spiro atoms. The molecule has 0 aliphatic heterocycles. The average molecular weight is 298 g/mol. The molecule has 2 rings (SSSR count). The third kappa shape index (κ3) is 3.73. The standard InChI is InChI=1S/C14H24ClN5/c1-13(2)5-9(6-14(3,4)8-13)18-11-10(15)7-17-12(19-11)20-16/h7,9H,5-6,8,16H2,1-4H3,(H2,17,18,19,20). The lowest BCUT2D eigenvalue weighted by Crippen LogP contribution is -2.40. The molecule has 0 radical (unpaired) electrons. The van der Waals surface area contributed by atoms with E-state index in [1.54, 1.807) is 6.20 Å². The minimum Gasteiger partial charge on any atom is -0.366 e. The zero-order valence-electron chi connectivity index (χ0n) is 12.6. The van der Waals surface area contributed by atoms with Crippen LogP contribution in [0.25, 0.3) is 0 Å². The first-order chi connectivity index (χ1) is 9.21. The fourth-order valence-corrected chi connectivity index (χ4v) is 3.82. The Morgan fingerprint density at radius 3 is 2.40 bits per heavy atom. The Morgan fingerprint density at radius 2 is 1.85 bits per heavy atom. The van der Waals surface area contributed by atoms with Crippen molar-refractivity contribution >= 4 is 23.4 Å². The maximum absolute atomic E-state index is 6.16. The van der Waals surface area contributed by atoms with Crippen LogP contribution in [-0.4, -0.2) is 16.0 Å². The summed E-state index contributed by atoms with van der Waals surface area (Å²) in [5.41, 5.74) is 3.07. The fourth-order valence-electron chi connectivity index (χ4n) is 3.68. The maximum atomic E-state index is 6.16. The number of anilines is 2. The van der Waals surface area contributed by atoms with Gasteiger partial charge in [-0.05, 0) is 30.1 Å². The number of nitrogens with two attached hydrogens (primary N) is 1. The van der Waals surface area contributed by atoms with Crippen molar-refractivity contribution in [1.29, 1.82) is 0 Å². The Hall–Kier alpha value is -1.07. The Morgan fingerprint density at radius 1 is 1.25 bits per heavy atom. The molecule has 0 saturated heterocycles. The van der Waals surface area contributed by atoms with Crippen molar-refractivity contribution in [2.45, 2.75) is 53.0 Å². The molecule has 0 unspecified atom stereocenters. The van der Waals surface area contributed by atoms with Crippen molar-refractivity contribution in [1.82, 2.24) is 9.97 Å². The van der Waals surface area contributed by atoms with Crippen LogP contribution >= 0.6 is 11.6 Å². The molecule has 4 N–H and O–H groups in total. The molecule has 0 aromatic carbocycles. The second kappa shape index (κ2) is 5.37. The summed E-state index contributed by atoms with van der Waals surface area (Å²) in [6.07, 6.45) is 4.99. The monoisotopic (exact) mass is 297 g/mol. The summed E-state index contributed by atoms with van der Waals surface area (Å²) < 4.78 is 0. The van der Waals surface area contributed by atoms with E-state index in [0.29, 0.717) is 33.7 Å². The Balaban J connectivity index is 2.17. The van der Waals surface area contributed by atoms with Crippen molar-refractivity contribution in [3.63, 3.8) is 0 Å². The second-order valence-corrected chi connectivity index (χ2v) is 7.70. The lowest BCUT2D eigenvalue weighted by atomic mass is 9.63. The molecule has 0 amide bonds. The number of hydrogen-bond acceptors (Lipinski definition) is 5. The number of nitrogen functional groups attached to an aromatic ring is 1. The molecule has 1 aliphatic rings. The SMILES string of the molecule is CC1(C)CC(Nc2nc(NN)ncc2Cl)CC(C)(C)C1. The fraction of sp³-hybridized carbons (Fsp3) is 0.714. The number of halogens is 1. The van der Waals surface area contributed by atoms with Gasteiger partial charge in [-0.2, -0.15) is 4.98 Å². The number of aromatic nitrogens is 2. The molecule has 1 heterocycles. The minimum atomic E-state index is 0.313. The van der Waals surface area contributed by atoms with Crippen molar-refractivity contribution in [2.75, 3.05) is 10.7 Å². The number of hydrogen-bond donors (Lipinski definition) is 3. The van der Waals surface area contributed by atoms with Crippen LogP contribution in [-0.2, 0) is 0 Å². The third-order valence-corrected chi connectivity index (χ3v) is 4.05. The van der Waals surface area contributed by atoms with Gasteiger partial charge in [-0.15, -0.1) is 0 Å². The van der Waals surface area contributed by atoms with Gasteiger partial charge in [-0.3, -0.25) is 5.43 Å². The van der Waals surface area contributed by atoms with Gasteiger partial charge < -0.3 is 5.32 Å². The molecule has 6 heteroatoms. The van der Waals surface area contributed by atoms with Crippen LogP contribution in [0.2, 0.25) is 5.02 Å². The largest absolute Gasteiger partial charge is 0.366 e. The lowest BCUT2D eigenvalue weighted by Gasteiger charge is -2.45. The first-order valence-corrected chi connectivity index (χ1v) is 7.34. The number of rotatable bonds is 3. The van der Waals surface area contributed by atoms with Crippen LogP contribution in [0.5, 0.6) is 0 Å². The predicted molar refractivity (Wildman–Crippen MR) is 83.7 cm³/mol. The molecule has 20 heavy (non-hydrogen) atoms. The van der Waals surface area contributed by atoms with Crippen LogP contribution in [0, 0.1) is 10.8 Å². The molecule has 112 valence electrons. The summed E-state index contributed by atoms with van der Waals surface area (Å²) in [6, 6.07) is 0.353. The van der Waals surface area contributed by atoms with Crippen LogP contribution < -0.4 is 16.6 Å². The average Bonchev–Trinajstić information content (AvgIpc) is 2.28. The molecule has 1 aromatic rings. The molecule has 1 aliphatic carbocycles. The Labute approximate surface area is 125 Å². The van der Waals surface area contributed by atoms with E-state index in [2.05, 4.69) is 48.4 Å². The number of nitrogens with zero attached hydrogens (tertiary/aromatic N) is 2. The minimum absolute atomic E-state index is 0.313. The molecular formula is C14H24ClN5. The van der Waals surface area contributed by atoms with Crippen molar-refractivity contribution in [3.8, 4) is 0 Å². The molecular weight excluding hydrogens is 274 g/mol. The molecule has 1 aromatic heterocycles. The highest BCUT2D eigenvalue weighted by Gasteiger charge is 2.38. The molecule has 1 fully saturated rings. The van der Waals surface area contributed by atoms with Gasteiger partial charge in [0, 0.05) is 6.04 Å². The van der Waals surface area contributed by atoms with Crippen LogP contribution in [0.3, 0.4) is 0 Å². The van der Waals surface area contributed by atoms with E-state index < -0.39 is 0 Å². The Bertz CT molecular complexity index is 470. The van der Waals surface area contributed by atoms with Gasteiger partial charge in [-0.25, -0.2) is 10.8 Å². The predicted octanol–water partition coefficient (Wildman–Crippen LogP) is 3.43. The summed E-state index contributed by atoms with van der Waals surface area (Å²) in [5.74, 6) is 6.36. The molecule has 0 bridgehead atoms. The number of nitrogens with one attached hydrogen (secondary N) is 2. The smallest absolute Gasteiger partial charge is 0.239 e. The van der Waals surface area contributed by atoms with E-state index >= 15 is 0 Å². The highest BCUT2D eigenvalue weighted by molar-refractivity contribution is 6.32. The summed E-state index contributed by atoms with van der Waals surface area (Å²) in [5, 5.41) is 3.98. The zero-order valence-corrected chi connectivity index (χ0v) is 13.4. The summed E-state index contributed by atoms with van der Waals surface area (Å²) in [7, 11) is 0. The van der Waals surface area contributed by atoms with Crippen molar-refractivity contribution in [2.24, 2.45) is 16.7 Å². The van der Waals surface area contributed by atoms with E-state index in [-0.39, 0.29) is 0 Å². The molecule has 5 nitrogen and oxygen atoms in total. The third-order valence-electron chi connectivity index (χ3n) is 3.77. The van der Waals surface area contributed by atoms with Crippen LogP contribution in [0.1, 0.15) is 47.0 Å². The summed E-state index contributed by atoms with van der Waals surface area (Å²) >= 11 is 6.16. The van der Waals surface area contributed by atoms with Gasteiger partial charge >= 0.3 is 0 Å². The summed E-state index contributed by atoms with van der Waals surface area (Å²) in [6.45, 7) is 9.27. The van der Waals surface area contributed by atoms with Gasteiger partial charge in [-0.1, -0.05) is 39.3 Å².